The molecule has 3 fully saturated rings. The number of aliphatic hydroxyl groups excluding tert-OH is 2. The lowest BCUT2D eigenvalue weighted by atomic mass is 9.98. The molecule has 2 saturated heterocycles. The van der Waals surface area contributed by atoms with E-state index in [0.29, 0.717) is 17.5 Å². The molecule has 2 N–H and O–H groups in total. The van der Waals surface area contributed by atoms with Crippen LogP contribution in [-0.4, -0.2) is 94.6 Å². The van der Waals surface area contributed by atoms with Gasteiger partial charge in [0.1, 0.15) is 36.1 Å². The van der Waals surface area contributed by atoms with Gasteiger partial charge in [-0.3, -0.25) is 23.2 Å². The van der Waals surface area contributed by atoms with Gasteiger partial charge in [0.25, 0.3) is 0 Å². The molecule has 48 heavy (non-hydrogen) atoms. The number of halogens is 1. The number of fused-ring (bicyclic) bond motifs is 2. The molecule has 2 unspecified atom stereocenters. The third-order valence-electron chi connectivity index (χ3n) is 8.80. The zero-order valence-corrected chi connectivity index (χ0v) is 29.8. The Morgan fingerprint density at radius 1 is 0.979 bits per heavy atom. The summed E-state index contributed by atoms with van der Waals surface area (Å²) in [5, 5.41) is 22.7. The maximum Gasteiger partial charge on any atom is 0.361 e. The number of nitrogens with zero attached hydrogens (tertiary/aromatic N) is 4. The molecule has 17 heteroatoms. The molecule has 3 aliphatic rings. The molecule has 268 valence electrons. The molecular formula is C31H46ClN4O11P. The molecule has 4 heterocycles. The lowest BCUT2D eigenvalue weighted by Crippen LogP contribution is -2.34. The minimum Gasteiger partial charge on any atom is -0.438 e. The van der Waals surface area contributed by atoms with Gasteiger partial charge in [-0.05, 0) is 83.9 Å². The Hall–Kier alpha value is -2.36. The van der Waals surface area contributed by atoms with Gasteiger partial charge in [0.2, 0.25) is 18.9 Å². The number of rotatable bonds is 12. The third kappa shape index (κ3) is 8.32. The Labute approximate surface area is 284 Å². The van der Waals surface area contributed by atoms with Crippen molar-refractivity contribution >= 4 is 48.0 Å². The van der Waals surface area contributed by atoms with Crippen LogP contribution in [0.3, 0.4) is 0 Å². The molecule has 6 atom stereocenters. The third-order valence-corrected chi connectivity index (χ3v) is 10.5. The number of ether oxygens (including phenoxy) is 4. The first kappa shape index (κ1) is 36.9. The number of carbonyl (C=O) groups excluding carboxylic acids is 2. The van der Waals surface area contributed by atoms with Gasteiger partial charge in [0.05, 0.1) is 22.8 Å². The minimum absolute atomic E-state index is 0.0551. The number of esters is 2. The van der Waals surface area contributed by atoms with Crippen LogP contribution in [0.1, 0.15) is 67.0 Å². The minimum atomic E-state index is -4.17. The first-order valence-corrected chi connectivity index (χ1v) is 18.2. The van der Waals surface area contributed by atoms with Gasteiger partial charge in [0, 0.05) is 19.3 Å². The Kier molecular flexibility index (Phi) is 11.1. The fourth-order valence-corrected chi connectivity index (χ4v) is 7.23. The van der Waals surface area contributed by atoms with Crippen LogP contribution in [0.2, 0.25) is 5.28 Å². The number of carbonyl (C=O) groups is 2. The summed E-state index contributed by atoms with van der Waals surface area (Å²) in [7, 11) is -4.17. The lowest BCUT2D eigenvalue weighted by molar-refractivity contribution is -0.162. The summed E-state index contributed by atoms with van der Waals surface area (Å²) in [5.41, 5.74) is -1.23. The van der Waals surface area contributed by atoms with Gasteiger partial charge < -0.3 is 38.6 Å². The topological polar surface area (TPSA) is 181 Å². The summed E-state index contributed by atoms with van der Waals surface area (Å²) in [6, 6.07) is 1.84. The first-order chi connectivity index (χ1) is 22.5. The van der Waals surface area contributed by atoms with Gasteiger partial charge in [-0.2, -0.15) is 9.97 Å². The van der Waals surface area contributed by atoms with E-state index in [1.54, 1.807) is 52.3 Å². The zero-order chi connectivity index (χ0) is 35.0. The van der Waals surface area contributed by atoms with Gasteiger partial charge in [-0.15, -0.1) is 0 Å². The van der Waals surface area contributed by atoms with Crippen molar-refractivity contribution in [2.45, 2.75) is 85.3 Å². The molecule has 2 aromatic rings. The van der Waals surface area contributed by atoms with Gasteiger partial charge >= 0.3 is 19.5 Å². The van der Waals surface area contributed by atoms with E-state index in [2.05, 4.69) is 14.9 Å². The molecule has 1 aliphatic carbocycles. The SMILES string of the molecule is CC(C)(C)C(=O)OCOP(=O)(COC[C@H]1O[C@@H](n2ccc3c(N4CC5CCCC5C4)nc(Cl)nc32)[C@H](O)[C@@H]1O)OCOC(=O)C(C)(C)C. The zero-order valence-electron chi connectivity index (χ0n) is 28.2. The number of hydrogen-bond acceptors (Lipinski definition) is 14. The van der Waals surface area contributed by atoms with Crippen molar-refractivity contribution in [2.24, 2.45) is 22.7 Å². The fourth-order valence-electron chi connectivity index (χ4n) is 6.09. The van der Waals surface area contributed by atoms with Crippen molar-refractivity contribution in [3.63, 3.8) is 0 Å². The van der Waals surface area contributed by atoms with E-state index < -0.39 is 74.8 Å². The second-order valence-electron chi connectivity index (χ2n) is 14.6. The first-order valence-electron chi connectivity index (χ1n) is 16.1. The largest absolute Gasteiger partial charge is 0.438 e. The van der Waals surface area contributed by atoms with E-state index in [0.717, 1.165) is 24.3 Å². The molecule has 0 aromatic carbocycles. The van der Waals surface area contributed by atoms with Crippen LogP contribution >= 0.6 is 19.2 Å². The smallest absolute Gasteiger partial charge is 0.361 e. The van der Waals surface area contributed by atoms with E-state index in [4.69, 9.17) is 39.6 Å². The summed E-state index contributed by atoms with van der Waals surface area (Å²) < 4.78 is 47.4. The number of aromatic nitrogens is 3. The molecule has 0 amide bonds. The van der Waals surface area contributed by atoms with E-state index >= 15 is 0 Å². The van der Waals surface area contributed by atoms with E-state index in [-0.39, 0.29) is 11.9 Å². The normalized spacial score (nSPS) is 26.3. The van der Waals surface area contributed by atoms with Gasteiger partial charge in [-0.1, -0.05) is 6.42 Å². The van der Waals surface area contributed by atoms with Crippen LogP contribution in [-0.2, 0) is 42.1 Å². The summed E-state index contributed by atoms with van der Waals surface area (Å²) in [6.45, 7) is 9.90. The summed E-state index contributed by atoms with van der Waals surface area (Å²) >= 11 is 6.37. The van der Waals surface area contributed by atoms with Crippen molar-refractivity contribution in [3.8, 4) is 0 Å². The van der Waals surface area contributed by atoms with Crippen LogP contribution in [0.15, 0.2) is 12.3 Å². The van der Waals surface area contributed by atoms with Crippen LogP contribution in [0.4, 0.5) is 5.82 Å². The highest BCUT2D eigenvalue weighted by Gasteiger charge is 2.45. The van der Waals surface area contributed by atoms with Crippen molar-refractivity contribution in [3.05, 3.63) is 17.5 Å². The van der Waals surface area contributed by atoms with E-state index in [1.165, 1.54) is 19.3 Å². The second-order valence-corrected chi connectivity index (χ2v) is 17.0. The van der Waals surface area contributed by atoms with Crippen LogP contribution < -0.4 is 4.90 Å². The monoisotopic (exact) mass is 716 g/mol. The summed E-state index contributed by atoms with van der Waals surface area (Å²) in [5.74, 6) is 0.791. The maximum atomic E-state index is 13.5. The molecule has 0 spiro atoms. The fraction of sp³-hybridized carbons (Fsp3) is 0.742. The highest BCUT2D eigenvalue weighted by Crippen LogP contribution is 2.49. The molecule has 1 saturated carbocycles. The van der Waals surface area contributed by atoms with E-state index in [9.17, 15) is 24.4 Å². The average Bonchev–Trinajstić information content (AvgIpc) is 3.76. The van der Waals surface area contributed by atoms with Gasteiger partial charge in [-0.25, -0.2) is 0 Å². The summed E-state index contributed by atoms with van der Waals surface area (Å²) in [6.07, 6.45) is -0.160. The quantitative estimate of drug-likeness (QED) is 0.138. The second kappa shape index (κ2) is 14.5. The maximum absolute atomic E-state index is 13.5. The van der Waals surface area contributed by atoms with Crippen molar-refractivity contribution in [2.75, 3.05) is 44.5 Å². The molecule has 0 bridgehead atoms. The summed E-state index contributed by atoms with van der Waals surface area (Å²) in [4.78, 5) is 35.5. The van der Waals surface area contributed by atoms with Crippen LogP contribution in [0.25, 0.3) is 11.0 Å². The average molecular weight is 717 g/mol. The highest BCUT2D eigenvalue weighted by molar-refractivity contribution is 7.53. The Morgan fingerprint density at radius 3 is 2.12 bits per heavy atom. The number of hydrogen-bond donors (Lipinski definition) is 2. The molecule has 0 radical (unpaired) electrons. The van der Waals surface area contributed by atoms with Crippen molar-refractivity contribution in [1.29, 1.82) is 0 Å². The van der Waals surface area contributed by atoms with E-state index in [1.807, 2.05) is 6.07 Å². The van der Waals surface area contributed by atoms with Crippen LogP contribution in [0, 0.1) is 22.7 Å². The van der Waals surface area contributed by atoms with Crippen LogP contribution in [0.5, 0.6) is 0 Å². The molecule has 2 aromatic heterocycles. The van der Waals surface area contributed by atoms with Gasteiger partial charge in [0.15, 0.2) is 6.23 Å². The van der Waals surface area contributed by atoms with Crippen molar-refractivity contribution < 1.29 is 52.4 Å². The predicted molar refractivity (Wildman–Crippen MR) is 173 cm³/mol. The standard InChI is InChI=1S/C31H46ClN4O11P/c1-30(2,3)27(39)43-15-45-48(41,46-16-44-28(40)31(4,5)6)17-42-14-21-22(37)23(38)26(47-21)36-11-10-20-24(33-29(32)34-25(20)36)35-12-18-8-7-9-19(18)13-35/h10-11,18-19,21-23,26,37-38H,7-9,12-17H2,1-6H3/t18?,19?,21-,22-,23-,26-/m1/s1. The number of anilines is 1. The highest BCUT2D eigenvalue weighted by atomic mass is 35.5. The van der Waals surface area contributed by atoms with Crippen molar-refractivity contribution in [1.82, 2.24) is 14.5 Å². The number of aliphatic hydroxyl groups is 2. The molecule has 15 nitrogen and oxygen atoms in total. The predicted octanol–water partition coefficient (Wildman–Crippen LogP) is 4.23. The Balaban J connectivity index is 1.23. The Morgan fingerprint density at radius 2 is 1.56 bits per heavy atom. The lowest BCUT2D eigenvalue weighted by Gasteiger charge is -2.22. The molecule has 5 rings (SSSR count). The molecule has 2 aliphatic heterocycles. The Bertz CT molecular complexity index is 1480. The molecular weight excluding hydrogens is 671 g/mol.